The van der Waals surface area contributed by atoms with Crippen LogP contribution >= 0.6 is 0 Å². The van der Waals surface area contributed by atoms with Gasteiger partial charge in [-0.1, -0.05) is 0 Å². The van der Waals surface area contributed by atoms with Crippen LogP contribution in [0.15, 0.2) is 6.20 Å². The number of hydrogen-bond acceptors (Lipinski definition) is 3. The average molecular weight is 275 g/mol. The van der Waals surface area contributed by atoms with Gasteiger partial charge >= 0.3 is 0 Å². The molecule has 0 atom stereocenters. The normalized spacial score (nSPS) is 38.6. The second-order valence-corrected chi connectivity index (χ2v) is 7.32. The smallest absolute Gasteiger partial charge is 0.134 e. The molecule has 4 fully saturated rings. The lowest BCUT2D eigenvalue weighted by Gasteiger charge is -2.56. The van der Waals surface area contributed by atoms with E-state index < -0.39 is 0 Å². The van der Waals surface area contributed by atoms with E-state index in [9.17, 15) is 0 Å². The van der Waals surface area contributed by atoms with Crippen molar-refractivity contribution >= 4 is 0 Å². The standard InChI is InChI=1S/C16H25N3O/c1-19-14(8-17)9-18-15(19)10-20-16-5-11-2-12(6-16)4-13(3-11)7-16/h9,11-13H,2-8,10,17H2,1H3. The Hall–Kier alpha value is -0.870. The van der Waals surface area contributed by atoms with Crippen LogP contribution in [0.1, 0.15) is 50.0 Å². The minimum absolute atomic E-state index is 0.170. The summed E-state index contributed by atoms with van der Waals surface area (Å²) < 4.78 is 8.53. The Morgan fingerprint density at radius 3 is 2.35 bits per heavy atom. The molecule has 1 aromatic heterocycles. The number of nitrogens with two attached hydrogens (primary N) is 1. The molecule has 0 aliphatic heterocycles. The Kier molecular flexibility index (Phi) is 2.93. The van der Waals surface area contributed by atoms with E-state index >= 15 is 0 Å². The molecule has 0 aromatic carbocycles. The fourth-order valence-electron chi connectivity index (χ4n) is 5.24. The van der Waals surface area contributed by atoms with Crippen LogP contribution in [0, 0.1) is 17.8 Å². The van der Waals surface area contributed by atoms with Gasteiger partial charge in [0.25, 0.3) is 0 Å². The molecule has 0 saturated heterocycles. The first-order valence-corrected chi connectivity index (χ1v) is 8.01. The zero-order valence-corrected chi connectivity index (χ0v) is 12.3. The molecule has 1 aromatic rings. The molecule has 0 amide bonds. The van der Waals surface area contributed by atoms with Crippen molar-refractivity contribution in [2.75, 3.05) is 0 Å². The summed E-state index contributed by atoms with van der Waals surface area (Å²) in [4.78, 5) is 4.46. The van der Waals surface area contributed by atoms with Gasteiger partial charge in [-0.25, -0.2) is 4.98 Å². The second kappa shape index (κ2) is 4.57. The predicted molar refractivity (Wildman–Crippen MR) is 76.8 cm³/mol. The number of nitrogens with zero attached hydrogens (tertiary/aromatic N) is 2. The van der Waals surface area contributed by atoms with E-state index in [4.69, 9.17) is 10.5 Å². The fourth-order valence-corrected chi connectivity index (χ4v) is 5.24. The minimum Gasteiger partial charge on any atom is -0.367 e. The second-order valence-electron chi connectivity index (χ2n) is 7.32. The van der Waals surface area contributed by atoms with Gasteiger partial charge in [0, 0.05) is 19.8 Å². The van der Waals surface area contributed by atoms with Crippen LogP contribution in [0.5, 0.6) is 0 Å². The summed E-state index contributed by atoms with van der Waals surface area (Å²) in [5.41, 5.74) is 6.95. The van der Waals surface area contributed by atoms with Crippen LogP contribution < -0.4 is 5.73 Å². The molecule has 0 spiro atoms. The molecular formula is C16H25N3O. The largest absolute Gasteiger partial charge is 0.367 e. The molecule has 0 radical (unpaired) electrons. The molecule has 0 unspecified atom stereocenters. The van der Waals surface area contributed by atoms with Gasteiger partial charge in [-0.05, 0) is 56.3 Å². The summed E-state index contributed by atoms with van der Waals surface area (Å²) in [5, 5.41) is 0. The predicted octanol–water partition coefficient (Wildman–Crippen LogP) is 2.36. The molecule has 4 bridgehead atoms. The van der Waals surface area contributed by atoms with Crippen LogP contribution in [0.2, 0.25) is 0 Å². The van der Waals surface area contributed by atoms with Crippen LogP contribution in [-0.4, -0.2) is 15.2 Å². The fraction of sp³-hybridized carbons (Fsp3) is 0.812. The van der Waals surface area contributed by atoms with Gasteiger partial charge in [-0.15, -0.1) is 0 Å². The molecule has 20 heavy (non-hydrogen) atoms. The molecule has 4 saturated carbocycles. The number of ether oxygens (including phenoxy) is 1. The maximum absolute atomic E-state index is 6.44. The van der Waals surface area contributed by atoms with Gasteiger partial charge in [-0.3, -0.25) is 0 Å². The maximum atomic E-state index is 6.44. The first-order chi connectivity index (χ1) is 9.67. The molecule has 1 heterocycles. The first kappa shape index (κ1) is 12.8. The molecule has 110 valence electrons. The van der Waals surface area contributed by atoms with E-state index in [1.807, 2.05) is 13.2 Å². The van der Waals surface area contributed by atoms with Crippen molar-refractivity contribution < 1.29 is 4.74 Å². The van der Waals surface area contributed by atoms with Gasteiger partial charge in [0.1, 0.15) is 12.4 Å². The van der Waals surface area contributed by atoms with E-state index in [2.05, 4.69) is 9.55 Å². The van der Waals surface area contributed by atoms with Crippen molar-refractivity contribution in [3.63, 3.8) is 0 Å². The zero-order valence-electron chi connectivity index (χ0n) is 12.3. The van der Waals surface area contributed by atoms with E-state index in [0.717, 1.165) is 29.3 Å². The first-order valence-electron chi connectivity index (χ1n) is 8.01. The van der Waals surface area contributed by atoms with Gasteiger partial charge in [-0.2, -0.15) is 0 Å². The average Bonchev–Trinajstić information content (AvgIpc) is 2.75. The van der Waals surface area contributed by atoms with Crippen molar-refractivity contribution in [3.8, 4) is 0 Å². The van der Waals surface area contributed by atoms with E-state index in [1.54, 1.807) is 0 Å². The topological polar surface area (TPSA) is 53.1 Å². The lowest BCUT2D eigenvalue weighted by Crippen LogP contribution is -2.51. The summed E-state index contributed by atoms with van der Waals surface area (Å²) in [6, 6.07) is 0. The third-order valence-corrected chi connectivity index (χ3v) is 5.88. The highest BCUT2D eigenvalue weighted by atomic mass is 16.5. The molecule has 5 rings (SSSR count). The Balaban J connectivity index is 1.47. The highest BCUT2D eigenvalue weighted by molar-refractivity contribution is 5.06. The van der Waals surface area contributed by atoms with Gasteiger partial charge < -0.3 is 15.0 Å². The van der Waals surface area contributed by atoms with E-state index in [0.29, 0.717) is 13.2 Å². The Morgan fingerprint density at radius 2 is 1.85 bits per heavy atom. The van der Waals surface area contributed by atoms with Gasteiger partial charge in [0.2, 0.25) is 0 Å². The minimum atomic E-state index is 0.170. The van der Waals surface area contributed by atoms with Crippen molar-refractivity contribution in [2.24, 2.45) is 30.5 Å². The van der Waals surface area contributed by atoms with Crippen molar-refractivity contribution in [3.05, 3.63) is 17.7 Å². The number of hydrogen-bond donors (Lipinski definition) is 1. The summed E-state index contributed by atoms with van der Waals surface area (Å²) in [7, 11) is 2.04. The Morgan fingerprint density at radius 1 is 1.25 bits per heavy atom. The number of rotatable bonds is 4. The third kappa shape index (κ3) is 2.01. The van der Waals surface area contributed by atoms with Crippen LogP contribution in [0.4, 0.5) is 0 Å². The van der Waals surface area contributed by atoms with Crippen LogP contribution in [0.25, 0.3) is 0 Å². The molecular weight excluding hydrogens is 250 g/mol. The summed E-state index contributed by atoms with van der Waals surface area (Å²) in [6.45, 7) is 1.18. The van der Waals surface area contributed by atoms with Crippen molar-refractivity contribution in [1.82, 2.24) is 9.55 Å². The van der Waals surface area contributed by atoms with Crippen molar-refractivity contribution in [2.45, 2.75) is 57.3 Å². The summed E-state index contributed by atoms with van der Waals surface area (Å²) in [5.74, 6) is 3.81. The zero-order chi connectivity index (χ0) is 13.7. The van der Waals surface area contributed by atoms with Crippen LogP contribution in [-0.2, 0) is 24.9 Å². The molecule has 4 aliphatic carbocycles. The maximum Gasteiger partial charge on any atom is 0.134 e. The highest BCUT2D eigenvalue weighted by Crippen LogP contribution is 2.57. The lowest BCUT2D eigenvalue weighted by atomic mass is 9.54. The van der Waals surface area contributed by atoms with E-state index in [-0.39, 0.29) is 5.60 Å². The molecule has 4 nitrogen and oxygen atoms in total. The number of aromatic nitrogens is 2. The van der Waals surface area contributed by atoms with Crippen LogP contribution in [0.3, 0.4) is 0 Å². The third-order valence-electron chi connectivity index (χ3n) is 5.88. The SMILES string of the molecule is Cn1c(CN)cnc1COC12CC3CC(CC(C3)C1)C2. The molecule has 4 heteroatoms. The Bertz CT molecular complexity index is 473. The summed E-state index contributed by atoms with van der Waals surface area (Å²) in [6.07, 6.45) is 10.1. The molecule has 2 N–H and O–H groups in total. The van der Waals surface area contributed by atoms with Crippen molar-refractivity contribution in [1.29, 1.82) is 0 Å². The highest BCUT2D eigenvalue weighted by Gasteiger charge is 2.51. The lowest BCUT2D eigenvalue weighted by molar-refractivity contribution is -0.170. The van der Waals surface area contributed by atoms with E-state index in [1.165, 1.54) is 38.5 Å². The monoisotopic (exact) mass is 275 g/mol. The quantitative estimate of drug-likeness (QED) is 0.918. The Labute approximate surface area is 120 Å². The van der Waals surface area contributed by atoms with Gasteiger partial charge in [0.15, 0.2) is 0 Å². The summed E-state index contributed by atoms with van der Waals surface area (Å²) >= 11 is 0. The number of imidazole rings is 1. The van der Waals surface area contributed by atoms with Gasteiger partial charge in [0.05, 0.1) is 11.3 Å². The molecule has 4 aliphatic rings.